The number of hydrogen-bond donors (Lipinski definition) is 0. The molecule has 0 radical (unpaired) electrons. The Bertz CT molecular complexity index is 989. The van der Waals surface area contributed by atoms with Crippen LogP contribution in [-0.2, 0) is 16.0 Å². The second-order valence-electron chi connectivity index (χ2n) is 6.63. The maximum Gasteiger partial charge on any atom is 0.346 e. The van der Waals surface area contributed by atoms with Gasteiger partial charge < -0.3 is 19.1 Å². The normalized spacial score (nSPS) is 13.4. The summed E-state index contributed by atoms with van der Waals surface area (Å²) in [5.74, 6) is -1.09. The lowest BCUT2D eigenvalue weighted by molar-refractivity contribution is -0.385. The highest BCUT2D eigenvalue weighted by Gasteiger charge is 2.32. The van der Waals surface area contributed by atoms with Crippen molar-refractivity contribution in [2.75, 3.05) is 25.2 Å². The number of nitrogens with zero attached hydrogens (tertiary/aromatic N) is 2. The van der Waals surface area contributed by atoms with Crippen LogP contribution >= 0.6 is 0 Å². The molecule has 0 aliphatic carbocycles. The molecular weight excluding hydrogens is 392 g/mol. The summed E-state index contributed by atoms with van der Waals surface area (Å²) in [4.78, 5) is 37.8. The van der Waals surface area contributed by atoms with E-state index in [0.29, 0.717) is 13.0 Å². The summed E-state index contributed by atoms with van der Waals surface area (Å²) >= 11 is 0. The number of esters is 1. The first-order valence-corrected chi connectivity index (χ1v) is 9.46. The number of amides is 1. The van der Waals surface area contributed by atoms with Crippen LogP contribution in [0.1, 0.15) is 29.8 Å². The first-order valence-electron chi connectivity index (χ1n) is 9.46. The van der Waals surface area contributed by atoms with Gasteiger partial charge in [0.2, 0.25) is 0 Å². The number of fused-ring (bicyclic) bond motifs is 1. The lowest BCUT2D eigenvalue weighted by atomic mass is 10.1. The molecule has 1 heterocycles. The lowest BCUT2D eigenvalue weighted by Gasteiger charge is -2.22. The molecule has 2 aromatic rings. The maximum atomic E-state index is 12.8. The van der Waals surface area contributed by atoms with Gasteiger partial charge >= 0.3 is 5.97 Å². The van der Waals surface area contributed by atoms with Crippen LogP contribution in [-0.4, -0.2) is 43.2 Å². The molecule has 0 unspecified atom stereocenters. The Morgan fingerprint density at radius 3 is 2.63 bits per heavy atom. The number of hydrogen-bond acceptors (Lipinski definition) is 7. The molecule has 1 aliphatic heterocycles. The molecule has 0 spiro atoms. The Kier molecular flexibility index (Phi) is 6.20. The van der Waals surface area contributed by atoms with Gasteiger partial charge in [0.05, 0.1) is 24.7 Å². The number of para-hydroxylation sites is 1. The average Bonchev–Trinajstić information content (AvgIpc) is 3.17. The van der Waals surface area contributed by atoms with Crippen LogP contribution in [0, 0.1) is 10.1 Å². The highest BCUT2D eigenvalue weighted by Crippen LogP contribution is 2.35. The van der Waals surface area contributed by atoms with Gasteiger partial charge in [0.1, 0.15) is 5.56 Å². The number of carbonyl (C=O) groups is 2. The summed E-state index contributed by atoms with van der Waals surface area (Å²) in [5, 5.41) is 11.5. The second-order valence-corrected chi connectivity index (χ2v) is 6.63. The summed E-state index contributed by atoms with van der Waals surface area (Å²) in [6, 6.07) is 9.80. The third-order valence-electron chi connectivity index (χ3n) is 4.78. The Balaban J connectivity index is 1.83. The lowest BCUT2D eigenvalue weighted by Crippen LogP contribution is -2.39. The van der Waals surface area contributed by atoms with E-state index in [-0.39, 0.29) is 23.7 Å². The fourth-order valence-corrected chi connectivity index (χ4v) is 3.35. The van der Waals surface area contributed by atoms with Crippen molar-refractivity contribution in [3.8, 4) is 11.5 Å². The zero-order valence-corrected chi connectivity index (χ0v) is 16.9. The Morgan fingerprint density at radius 1 is 1.23 bits per heavy atom. The molecule has 0 bridgehead atoms. The zero-order valence-electron chi connectivity index (χ0n) is 16.9. The van der Waals surface area contributed by atoms with Crippen molar-refractivity contribution in [2.24, 2.45) is 0 Å². The van der Waals surface area contributed by atoms with Crippen molar-refractivity contribution in [1.29, 1.82) is 0 Å². The van der Waals surface area contributed by atoms with E-state index >= 15 is 0 Å². The van der Waals surface area contributed by atoms with E-state index < -0.39 is 28.6 Å². The fourth-order valence-electron chi connectivity index (χ4n) is 3.35. The number of ether oxygens (including phenoxy) is 3. The van der Waals surface area contributed by atoms with Crippen LogP contribution in [0.5, 0.6) is 11.5 Å². The number of nitro groups is 1. The first-order chi connectivity index (χ1) is 14.4. The highest BCUT2D eigenvalue weighted by molar-refractivity contribution is 6.01. The van der Waals surface area contributed by atoms with Gasteiger partial charge in [-0.3, -0.25) is 14.9 Å². The van der Waals surface area contributed by atoms with Gasteiger partial charge in [0.25, 0.3) is 11.6 Å². The molecule has 1 amide bonds. The quantitative estimate of drug-likeness (QED) is 0.389. The number of methoxy groups -OCH3 is 1. The third kappa shape index (κ3) is 4.05. The number of carbonyl (C=O) groups excluding carboxylic acids is 2. The molecule has 1 aliphatic rings. The van der Waals surface area contributed by atoms with E-state index in [9.17, 15) is 19.7 Å². The summed E-state index contributed by atoms with van der Waals surface area (Å²) < 4.78 is 15.8. The van der Waals surface area contributed by atoms with Gasteiger partial charge in [-0.25, -0.2) is 4.79 Å². The van der Waals surface area contributed by atoms with Crippen LogP contribution < -0.4 is 14.4 Å². The first kappa shape index (κ1) is 21.1. The molecule has 1 atom stereocenters. The molecule has 158 valence electrons. The summed E-state index contributed by atoms with van der Waals surface area (Å²) in [7, 11) is 1.34. The smallest absolute Gasteiger partial charge is 0.346 e. The van der Waals surface area contributed by atoms with Gasteiger partial charge in [0.15, 0.2) is 17.6 Å². The topological polar surface area (TPSA) is 108 Å². The maximum absolute atomic E-state index is 12.8. The monoisotopic (exact) mass is 414 g/mol. The van der Waals surface area contributed by atoms with Crippen LogP contribution in [0.2, 0.25) is 0 Å². The average molecular weight is 414 g/mol. The predicted octanol–water partition coefficient (Wildman–Crippen LogP) is 3.14. The van der Waals surface area contributed by atoms with Crippen molar-refractivity contribution in [1.82, 2.24) is 0 Å². The van der Waals surface area contributed by atoms with E-state index in [0.717, 1.165) is 17.3 Å². The number of nitro benzene ring substituents is 1. The molecule has 2 aromatic carbocycles. The minimum Gasteiger partial charge on any atom is -0.493 e. The zero-order chi connectivity index (χ0) is 21.8. The van der Waals surface area contributed by atoms with Crippen LogP contribution in [0.15, 0.2) is 36.4 Å². The molecular formula is C21H22N2O7. The SMILES string of the molecule is CCOc1cc(C(=O)O[C@H](C)C(=O)N2CCc3ccccc32)c([N+](=O)[O-])cc1OC. The van der Waals surface area contributed by atoms with Crippen LogP contribution in [0.4, 0.5) is 11.4 Å². The minimum absolute atomic E-state index is 0.123. The van der Waals surface area contributed by atoms with Crippen molar-refractivity contribution >= 4 is 23.3 Å². The molecule has 0 saturated carbocycles. The summed E-state index contributed by atoms with van der Waals surface area (Å²) in [6.07, 6.45) is -0.412. The van der Waals surface area contributed by atoms with Gasteiger partial charge in [-0.2, -0.15) is 0 Å². The van der Waals surface area contributed by atoms with E-state index in [2.05, 4.69) is 0 Å². The summed E-state index contributed by atoms with van der Waals surface area (Å²) in [5.41, 5.74) is 1.01. The summed E-state index contributed by atoms with van der Waals surface area (Å²) in [6.45, 7) is 3.93. The molecule has 9 heteroatoms. The third-order valence-corrected chi connectivity index (χ3v) is 4.78. The van der Waals surface area contributed by atoms with E-state index in [4.69, 9.17) is 14.2 Å². The van der Waals surface area contributed by atoms with Crippen molar-refractivity contribution < 1.29 is 28.7 Å². The highest BCUT2D eigenvalue weighted by atomic mass is 16.6. The number of anilines is 1. The molecule has 30 heavy (non-hydrogen) atoms. The Morgan fingerprint density at radius 2 is 1.97 bits per heavy atom. The van der Waals surface area contributed by atoms with E-state index in [1.807, 2.05) is 24.3 Å². The van der Waals surface area contributed by atoms with Crippen molar-refractivity contribution in [2.45, 2.75) is 26.4 Å². The van der Waals surface area contributed by atoms with Gasteiger partial charge in [-0.05, 0) is 31.9 Å². The van der Waals surface area contributed by atoms with Gasteiger partial charge in [-0.1, -0.05) is 18.2 Å². The van der Waals surface area contributed by atoms with Gasteiger partial charge in [0, 0.05) is 18.3 Å². The molecule has 0 saturated heterocycles. The number of benzene rings is 2. The molecule has 0 N–H and O–H groups in total. The molecule has 0 aromatic heterocycles. The van der Waals surface area contributed by atoms with Crippen LogP contribution in [0.3, 0.4) is 0 Å². The Hall–Kier alpha value is -3.62. The fraction of sp³-hybridized carbons (Fsp3) is 0.333. The second kappa shape index (κ2) is 8.81. The van der Waals surface area contributed by atoms with Crippen molar-refractivity contribution in [3.63, 3.8) is 0 Å². The predicted molar refractivity (Wildman–Crippen MR) is 108 cm³/mol. The minimum atomic E-state index is -1.12. The Labute approximate surface area is 173 Å². The van der Waals surface area contributed by atoms with E-state index in [1.54, 1.807) is 11.8 Å². The molecule has 3 rings (SSSR count). The van der Waals surface area contributed by atoms with Crippen molar-refractivity contribution in [3.05, 3.63) is 57.6 Å². The molecule has 9 nitrogen and oxygen atoms in total. The number of rotatable bonds is 7. The molecule has 0 fully saturated rings. The van der Waals surface area contributed by atoms with Gasteiger partial charge in [-0.15, -0.1) is 0 Å². The van der Waals surface area contributed by atoms with E-state index in [1.165, 1.54) is 20.1 Å². The standard InChI is InChI=1S/C21H22N2O7/c1-4-29-19-11-15(17(23(26)27)12-18(19)28-3)21(25)30-13(2)20(24)22-10-9-14-7-5-6-8-16(14)22/h5-8,11-13H,4,9-10H2,1-3H3/t13-/m1/s1. The largest absolute Gasteiger partial charge is 0.493 e. The van der Waals surface area contributed by atoms with Crippen LogP contribution in [0.25, 0.3) is 0 Å².